The Kier molecular flexibility index (Phi) is 5.24. The summed E-state index contributed by atoms with van der Waals surface area (Å²) in [7, 11) is 1.60. The van der Waals surface area contributed by atoms with E-state index in [-0.39, 0.29) is 5.91 Å². The van der Waals surface area contributed by atoms with Crippen LogP contribution in [0, 0.1) is 0 Å². The number of fused-ring (bicyclic) bond motifs is 1. The maximum Gasteiger partial charge on any atom is 0.257 e. The summed E-state index contributed by atoms with van der Waals surface area (Å²) in [5.74, 6) is -0.0931. The number of carbonyl (C=O) groups excluding carboxylic acids is 1. The minimum atomic E-state index is -0.0931. The summed E-state index contributed by atoms with van der Waals surface area (Å²) >= 11 is 4.88. The number of nitrogens with zero attached hydrogens (tertiary/aromatic N) is 3. The zero-order valence-corrected chi connectivity index (χ0v) is 12.7. The first-order valence-electron chi connectivity index (χ1n) is 6.62. The lowest BCUT2D eigenvalue weighted by molar-refractivity contribution is 0.0703. The number of hydrogen-bond acceptors (Lipinski definition) is 4. The van der Waals surface area contributed by atoms with Crippen LogP contribution in [-0.4, -0.2) is 52.2 Å². The van der Waals surface area contributed by atoms with Crippen molar-refractivity contribution in [2.75, 3.05) is 26.8 Å². The minimum absolute atomic E-state index is 0.0931. The molecule has 0 atom stereocenters. The Balaban J connectivity index is 2.21. The van der Waals surface area contributed by atoms with Crippen molar-refractivity contribution in [3.8, 4) is 0 Å². The molecule has 0 fully saturated rings. The van der Waals surface area contributed by atoms with Crippen LogP contribution in [0.1, 0.15) is 16.8 Å². The number of aromatic nitrogens is 2. The smallest absolute Gasteiger partial charge is 0.257 e. The average molecular weight is 306 g/mol. The van der Waals surface area contributed by atoms with Crippen LogP contribution in [0.2, 0.25) is 0 Å². The third kappa shape index (κ3) is 3.77. The van der Waals surface area contributed by atoms with Crippen LogP contribution < -0.4 is 5.73 Å². The van der Waals surface area contributed by atoms with Gasteiger partial charge in [-0.2, -0.15) is 5.10 Å². The van der Waals surface area contributed by atoms with Gasteiger partial charge in [-0.05, 0) is 12.1 Å². The Morgan fingerprint density at radius 2 is 2.29 bits per heavy atom. The number of pyridine rings is 1. The standard InChI is InChI=1S/C14H18N4O2S/c1-20-9-8-17(7-5-13(15)21)14(19)11-10-16-18-6-3-2-4-12(11)18/h2-4,6,10H,5,7-9H2,1H3,(H2,15,21). The van der Waals surface area contributed by atoms with Gasteiger partial charge in [0.2, 0.25) is 0 Å². The fourth-order valence-electron chi connectivity index (χ4n) is 2.03. The molecule has 2 N–H and O–H groups in total. The van der Waals surface area contributed by atoms with E-state index in [1.165, 1.54) is 0 Å². The van der Waals surface area contributed by atoms with E-state index >= 15 is 0 Å². The second kappa shape index (κ2) is 7.14. The monoisotopic (exact) mass is 306 g/mol. The topological polar surface area (TPSA) is 72.9 Å². The molecule has 0 aliphatic rings. The molecule has 0 unspecified atom stereocenters. The molecule has 2 heterocycles. The van der Waals surface area contributed by atoms with Crippen molar-refractivity contribution < 1.29 is 9.53 Å². The number of hydrogen-bond donors (Lipinski definition) is 1. The molecule has 0 radical (unpaired) electrons. The SMILES string of the molecule is COCCN(CCC(N)=S)C(=O)c1cnn2ccccc12. The number of carbonyl (C=O) groups is 1. The normalized spacial score (nSPS) is 10.7. The summed E-state index contributed by atoms with van der Waals surface area (Å²) in [6, 6.07) is 5.61. The molecule has 0 aliphatic carbocycles. The molecule has 0 bridgehead atoms. The number of nitrogens with two attached hydrogens (primary N) is 1. The van der Waals surface area contributed by atoms with E-state index in [2.05, 4.69) is 5.10 Å². The molecule has 112 valence electrons. The van der Waals surface area contributed by atoms with Gasteiger partial charge in [0.05, 0.1) is 28.9 Å². The van der Waals surface area contributed by atoms with Gasteiger partial charge in [0.15, 0.2) is 0 Å². The van der Waals surface area contributed by atoms with Gasteiger partial charge < -0.3 is 15.4 Å². The number of amides is 1. The molecule has 2 aromatic heterocycles. The summed E-state index contributed by atoms with van der Waals surface area (Å²) in [5, 5.41) is 4.19. The van der Waals surface area contributed by atoms with E-state index in [1.807, 2.05) is 18.2 Å². The van der Waals surface area contributed by atoms with E-state index < -0.39 is 0 Å². The second-order valence-electron chi connectivity index (χ2n) is 4.59. The van der Waals surface area contributed by atoms with Crippen LogP contribution in [0.4, 0.5) is 0 Å². The second-order valence-corrected chi connectivity index (χ2v) is 5.11. The molecule has 0 aliphatic heterocycles. The van der Waals surface area contributed by atoms with Crippen LogP contribution >= 0.6 is 12.2 Å². The molecule has 2 rings (SSSR count). The minimum Gasteiger partial charge on any atom is -0.393 e. The first kappa shape index (κ1) is 15.4. The van der Waals surface area contributed by atoms with Crippen molar-refractivity contribution >= 4 is 28.6 Å². The van der Waals surface area contributed by atoms with Crippen molar-refractivity contribution in [1.29, 1.82) is 0 Å². The molecule has 0 aromatic carbocycles. The van der Waals surface area contributed by atoms with Crippen LogP contribution in [0.25, 0.3) is 5.52 Å². The number of rotatable bonds is 7. The Labute approximate surface area is 128 Å². The van der Waals surface area contributed by atoms with E-state index in [0.717, 1.165) is 5.52 Å². The molecule has 1 amide bonds. The van der Waals surface area contributed by atoms with E-state index in [9.17, 15) is 4.79 Å². The highest BCUT2D eigenvalue weighted by Gasteiger charge is 2.19. The Morgan fingerprint density at radius 3 is 3.00 bits per heavy atom. The first-order valence-corrected chi connectivity index (χ1v) is 7.03. The number of ether oxygens (including phenoxy) is 1. The first-order chi connectivity index (χ1) is 10.1. The van der Waals surface area contributed by atoms with Gasteiger partial charge in [-0.15, -0.1) is 0 Å². The van der Waals surface area contributed by atoms with Crippen molar-refractivity contribution in [3.63, 3.8) is 0 Å². The highest BCUT2D eigenvalue weighted by Crippen LogP contribution is 2.13. The summed E-state index contributed by atoms with van der Waals surface area (Å²) in [6.45, 7) is 1.42. The maximum absolute atomic E-state index is 12.7. The Bertz CT molecular complexity index is 641. The zero-order valence-electron chi connectivity index (χ0n) is 11.9. The quantitative estimate of drug-likeness (QED) is 0.776. The van der Waals surface area contributed by atoms with Gasteiger partial charge in [-0.3, -0.25) is 4.79 Å². The lowest BCUT2D eigenvalue weighted by Gasteiger charge is -2.21. The summed E-state index contributed by atoms with van der Waals surface area (Å²) < 4.78 is 6.73. The third-order valence-corrected chi connectivity index (χ3v) is 3.34. The van der Waals surface area contributed by atoms with Crippen LogP contribution in [0.5, 0.6) is 0 Å². The van der Waals surface area contributed by atoms with Gasteiger partial charge in [0.1, 0.15) is 0 Å². The molecule has 0 saturated carbocycles. The van der Waals surface area contributed by atoms with E-state index in [1.54, 1.807) is 28.9 Å². The molecule has 21 heavy (non-hydrogen) atoms. The predicted octanol–water partition coefficient (Wildman–Crippen LogP) is 1.10. The van der Waals surface area contributed by atoms with E-state index in [0.29, 0.717) is 36.7 Å². The lowest BCUT2D eigenvalue weighted by Crippen LogP contribution is -2.36. The Hall–Kier alpha value is -1.99. The summed E-state index contributed by atoms with van der Waals surface area (Å²) in [4.78, 5) is 14.8. The zero-order chi connectivity index (χ0) is 15.2. The fraction of sp³-hybridized carbons (Fsp3) is 0.357. The van der Waals surface area contributed by atoms with Crippen molar-refractivity contribution in [1.82, 2.24) is 14.5 Å². The lowest BCUT2D eigenvalue weighted by atomic mass is 10.2. The molecular weight excluding hydrogens is 288 g/mol. The van der Waals surface area contributed by atoms with Crippen molar-refractivity contribution in [2.24, 2.45) is 5.73 Å². The van der Waals surface area contributed by atoms with Gasteiger partial charge in [0.25, 0.3) is 5.91 Å². The molecular formula is C14H18N4O2S. The number of thiocarbonyl (C=S) groups is 1. The molecule has 0 saturated heterocycles. The largest absolute Gasteiger partial charge is 0.393 e. The Morgan fingerprint density at radius 1 is 1.48 bits per heavy atom. The van der Waals surface area contributed by atoms with Gasteiger partial charge in [-0.1, -0.05) is 18.3 Å². The fourth-order valence-corrected chi connectivity index (χ4v) is 2.12. The summed E-state index contributed by atoms with van der Waals surface area (Å²) in [6.07, 6.45) is 3.88. The highest BCUT2D eigenvalue weighted by atomic mass is 32.1. The highest BCUT2D eigenvalue weighted by molar-refractivity contribution is 7.80. The third-order valence-electron chi connectivity index (χ3n) is 3.14. The van der Waals surface area contributed by atoms with Crippen molar-refractivity contribution in [3.05, 3.63) is 36.2 Å². The van der Waals surface area contributed by atoms with Crippen molar-refractivity contribution in [2.45, 2.75) is 6.42 Å². The molecule has 2 aromatic rings. The predicted molar refractivity (Wildman–Crippen MR) is 84.4 cm³/mol. The van der Waals surface area contributed by atoms with Gasteiger partial charge in [0, 0.05) is 32.8 Å². The maximum atomic E-state index is 12.7. The van der Waals surface area contributed by atoms with E-state index in [4.69, 9.17) is 22.7 Å². The molecule has 7 heteroatoms. The molecule has 0 spiro atoms. The van der Waals surface area contributed by atoms with Crippen LogP contribution in [0.3, 0.4) is 0 Å². The number of methoxy groups -OCH3 is 1. The molecule has 6 nitrogen and oxygen atoms in total. The van der Waals surface area contributed by atoms with Gasteiger partial charge in [-0.25, -0.2) is 4.52 Å². The van der Waals surface area contributed by atoms with Gasteiger partial charge >= 0.3 is 0 Å². The van der Waals surface area contributed by atoms with Crippen LogP contribution in [0.15, 0.2) is 30.6 Å². The average Bonchev–Trinajstić information content (AvgIpc) is 2.90. The van der Waals surface area contributed by atoms with Crippen LogP contribution in [-0.2, 0) is 4.74 Å². The summed E-state index contributed by atoms with van der Waals surface area (Å²) in [5.41, 5.74) is 6.87.